The quantitative estimate of drug-likeness (QED) is 0.721. The highest BCUT2D eigenvalue weighted by molar-refractivity contribution is 6.30. The molecule has 1 saturated heterocycles. The van der Waals surface area contributed by atoms with Gasteiger partial charge in [0.05, 0.1) is 19.8 Å². The molecular weight excluding hydrogens is 378 g/mol. The molecule has 2 aromatic carbocycles. The normalized spacial score (nSPS) is 18.5. The Hall–Kier alpha value is -2.24. The van der Waals surface area contributed by atoms with Crippen LogP contribution in [0.5, 0.6) is 11.5 Å². The number of carbonyl (C=O) groups is 1. The van der Waals surface area contributed by atoms with Crippen LogP contribution in [0.4, 0.5) is 0 Å². The van der Waals surface area contributed by atoms with Crippen LogP contribution < -0.4 is 9.47 Å². The Labute approximate surface area is 170 Å². The first-order valence-corrected chi connectivity index (χ1v) is 9.97. The molecule has 28 heavy (non-hydrogen) atoms. The lowest BCUT2D eigenvalue weighted by atomic mass is 9.91. The van der Waals surface area contributed by atoms with E-state index in [0.717, 1.165) is 24.0 Å². The van der Waals surface area contributed by atoms with Gasteiger partial charge in [-0.3, -0.25) is 9.69 Å². The summed E-state index contributed by atoms with van der Waals surface area (Å²) in [6.45, 7) is 3.15. The average molecular weight is 404 g/mol. The number of methoxy groups -OCH3 is 1. The van der Waals surface area contributed by atoms with Crippen LogP contribution in [0.3, 0.4) is 0 Å². The van der Waals surface area contributed by atoms with E-state index < -0.39 is 12.0 Å². The summed E-state index contributed by atoms with van der Waals surface area (Å²) in [7, 11) is 1.61. The highest BCUT2D eigenvalue weighted by Gasteiger charge is 2.35. The lowest BCUT2D eigenvalue weighted by Gasteiger charge is -2.39. The van der Waals surface area contributed by atoms with Gasteiger partial charge in [-0.05, 0) is 61.7 Å². The zero-order chi connectivity index (χ0) is 20.1. The number of likely N-dealkylation sites (tertiary alicyclic amines) is 1. The topological polar surface area (TPSA) is 59.0 Å². The molecule has 1 fully saturated rings. The standard InChI is InChI=1S/C22H26ClNO4/c1-3-28-20-14-16(10-11-19(20)27-2)21(15-7-6-8-17(23)13-15)24-12-5-4-9-18(24)22(25)26/h6-8,10-11,13-14,18,21H,3-5,9,12H2,1-2H3,(H,25,26). The number of hydrogen-bond acceptors (Lipinski definition) is 4. The van der Waals surface area contributed by atoms with Gasteiger partial charge in [0.25, 0.3) is 0 Å². The Morgan fingerprint density at radius 2 is 2.00 bits per heavy atom. The van der Waals surface area contributed by atoms with E-state index >= 15 is 0 Å². The van der Waals surface area contributed by atoms with Gasteiger partial charge in [0.1, 0.15) is 6.04 Å². The molecule has 150 valence electrons. The van der Waals surface area contributed by atoms with Gasteiger partial charge in [-0.2, -0.15) is 0 Å². The molecule has 0 bridgehead atoms. The van der Waals surface area contributed by atoms with E-state index in [9.17, 15) is 9.90 Å². The number of hydrogen-bond donors (Lipinski definition) is 1. The van der Waals surface area contributed by atoms with E-state index in [-0.39, 0.29) is 6.04 Å². The third kappa shape index (κ3) is 4.42. The molecule has 0 amide bonds. The third-order valence-corrected chi connectivity index (χ3v) is 5.36. The number of nitrogens with zero attached hydrogens (tertiary/aromatic N) is 1. The van der Waals surface area contributed by atoms with Crippen LogP contribution in [0.2, 0.25) is 5.02 Å². The maximum atomic E-state index is 12.0. The van der Waals surface area contributed by atoms with Crippen molar-refractivity contribution in [3.63, 3.8) is 0 Å². The van der Waals surface area contributed by atoms with E-state index in [2.05, 4.69) is 4.90 Å². The first-order chi connectivity index (χ1) is 13.5. The van der Waals surface area contributed by atoms with Crippen LogP contribution in [-0.2, 0) is 4.79 Å². The minimum Gasteiger partial charge on any atom is -0.493 e. The zero-order valence-electron chi connectivity index (χ0n) is 16.2. The molecule has 1 heterocycles. The first kappa shape index (κ1) is 20.5. The van der Waals surface area contributed by atoms with Gasteiger partial charge in [-0.1, -0.05) is 36.2 Å². The van der Waals surface area contributed by atoms with E-state index in [1.807, 2.05) is 49.4 Å². The van der Waals surface area contributed by atoms with Crippen molar-refractivity contribution >= 4 is 17.6 Å². The summed E-state index contributed by atoms with van der Waals surface area (Å²) in [5.74, 6) is 0.521. The Morgan fingerprint density at radius 1 is 1.21 bits per heavy atom. The fourth-order valence-electron chi connectivity index (χ4n) is 3.91. The number of rotatable bonds is 7. The minimum atomic E-state index is -0.787. The fourth-order valence-corrected chi connectivity index (χ4v) is 4.11. The molecule has 1 aliphatic heterocycles. The first-order valence-electron chi connectivity index (χ1n) is 9.60. The number of piperidine rings is 1. The van der Waals surface area contributed by atoms with Crippen LogP contribution in [0.25, 0.3) is 0 Å². The van der Waals surface area contributed by atoms with Crippen molar-refractivity contribution in [2.75, 3.05) is 20.3 Å². The van der Waals surface area contributed by atoms with Crippen LogP contribution >= 0.6 is 11.6 Å². The van der Waals surface area contributed by atoms with Crippen molar-refractivity contribution in [1.82, 2.24) is 4.90 Å². The van der Waals surface area contributed by atoms with Crippen molar-refractivity contribution < 1.29 is 19.4 Å². The molecule has 0 aliphatic carbocycles. The van der Waals surface area contributed by atoms with Gasteiger partial charge in [-0.25, -0.2) is 0 Å². The van der Waals surface area contributed by atoms with E-state index in [1.165, 1.54) is 0 Å². The summed E-state index contributed by atoms with van der Waals surface area (Å²) in [5.41, 5.74) is 1.92. The summed E-state index contributed by atoms with van der Waals surface area (Å²) >= 11 is 6.26. The molecule has 1 aliphatic rings. The zero-order valence-corrected chi connectivity index (χ0v) is 17.0. The maximum absolute atomic E-state index is 12.0. The third-order valence-electron chi connectivity index (χ3n) is 5.13. The Bertz CT molecular complexity index is 826. The average Bonchev–Trinajstić information content (AvgIpc) is 2.69. The predicted octanol–water partition coefficient (Wildman–Crippen LogP) is 4.78. The van der Waals surface area contributed by atoms with Crippen molar-refractivity contribution in [2.45, 2.75) is 38.3 Å². The predicted molar refractivity (Wildman–Crippen MR) is 109 cm³/mol. The number of carboxylic acids is 1. The molecule has 2 atom stereocenters. The number of carboxylic acid groups (broad SMARTS) is 1. The van der Waals surface area contributed by atoms with Gasteiger partial charge < -0.3 is 14.6 Å². The maximum Gasteiger partial charge on any atom is 0.320 e. The van der Waals surface area contributed by atoms with Crippen LogP contribution in [-0.4, -0.2) is 42.3 Å². The lowest BCUT2D eigenvalue weighted by molar-refractivity contribution is -0.145. The molecule has 5 nitrogen and oxygen atoms in total. The van der Waals surface area contributed by atoms with Crippen LogP contribution in [0, 0.1) is 0 Å². The molecule has 0 aromatic heterocycles. The summed E-state index contributed by atoms with van der Waals surface area (Å²) in [5, 5.41) is 10.4. The summed E-state index contributed by atoms with van der Waals surface area (Å²) < 4.78 is 11.2. The second-order valence-corrected chi connectivity index (χ2v) is 7.32. The van der Waals surface area contributed by atoms with Crippen LogP contribution in [0.15, 0.2) is 42.5 Å². The highest BCUT2D eigenvalue weighted by atomic mass is 35.5. The molecule has 0 spiro atoms. The molecule has 0 radical (unpaired) electrons. The van der Waals surface area contributed by atoms with Crippen molar-refractivity contribution in [1.29, 1.82) is 0 Å². The number of benzene rings is 2. The largest absolute Gasteiger partial charge is 0.493 e. The minimum absolute atomic E-state index is 0.231. The fraction of sp³-hybridized carbons (Fsp3) is 0.409. The summed E-state index contributed by atoms with van der Waals surface area (Å²) in [4.78, 5) is 14.0. The highest BCUT2D eigenvalue weighted by Crippen LogP contribution is 2.38. The van der Waals surface area contributed by atoms with E-state index in [4.69, 9.17) is 21.1 Å². The molecule has 2 unspecified atom stereocenters. The second kappa shape index (κ2) is 9.30. The summed E-state index contributed by atoms with van der Waals surface area (Å²) in [6.07, 6.45) is 2.53. The van der Waals surface area contributed by atoms with Gasteiger partial charge >= 0.3 is 5.97 Å². The van der Waals surface area contributed by atoms with Gasteiger partial charge in [0, 0.05) is 5.02 Å². The second-order valence-electron chi connectivity index (χ2n) is 6.89. The molecule has 1 N–H and O–H groups in total. The number of ether oxygens (including phenoxy) is 2. The van der Waals surface area contributed by atoms with Crippen LogP contribution in [0.1, 0.15) is 43.4 Å². The van der Waals surface area contributed by atoms with E-state index in [1.54, 1.807) is 7.11 Å². The Balaban J connectivity index is 2.11. The lowest BCUT2D eigenvalue weighted by Crippen LogP contribution is -2.46. The Kier molecular flexibility index (Phi) is 6.81. The number of halogens is 1. The SMILES string of the molecule is CCOc1cc(C(c2cccc(Cl)c2)N2CCCCC2C(=O)O)ccc1OC. The molecule has 2 aromatic rings. The van der Waals surface area contributed by atoms with Gasteiger partial charge in [0.15, 0.2) is 11.5 Å². The van der Waals surface area contributed by atoms with Gasteiger partial charge in [0.2, 0.25) is 0 Å². The molecule has 3 rings (SSSR count). The van der Waals surface area contributed by atoms with Crippen molar-refractivity contribution in [2.24, 2.45) is 0 Å². The molecule has 0 saturated carbocycles. The molecular formula is C22H26ClNO4. The van der Waals surface area contributed by atoms with E-state index in [0.29, 0.717) is 36.1 Å². The monoisotopic (exact) mass is 403 g/mol. The molecule has 6 heteroatoms. The van der Waals surface area contributed by atoms with Crippen molar-refractivity contribution in [3.8, 4) is 11.5 Å². The van der Waals surface area contributed by atoms with Gasteiger partial charge in [-0.15, -0.1) is 0 Å². The van der Waals surface area contributed by atoms with Crippen molar-refractivity contribution in [3.05, 3.63) is 58.6 Å². The Morgan fingerprint density at radius 3 is 2.68 bits per heavy atom. The number of aliphatic carboxylic acids is 1. The summed E-state index contributed by atoms with van der Waals surface area (Å²) in [6, 6.07) is 12.7. The smallest absolute Gasteiger partial charge is 0.320 e.